The molecule has 0 aliphatic carbocycles. The molecule has 2 amide bonds. The topological polar surface area (TPSA) is 67.4 Å². The SMILES string of the molecule is Cc1c(Cl)cccc1NC(=O)C(=O)NCc1ccc(OC(C)C)cc1. The number of anilines is 1. The van der Waals surface area contributed by atoms with Crippen LogP contribution in [0.15, 0.2) is 42.5 Å². The first-order valence-electron chi connectivity index (χ1n) is 7.96. The summed E-state index contributed by atoms with van der Waals surface area (Å²) in [5, 5.41) is 5.68. The first kappa shape index (κ1) is 18.8. The number of nitrogens with one attached hydrogen (secondary N) is 2. The van der Waals surface area contributed by atoms with E-state index >= 15 is 0 Å². The van der Waals surface area contributed by atoms with Crippen LogP contribution in [-0.4, -0.2) is 17.9 Å². The molecule has 2 rings (SSSR count). The lowest BCUT2D eigenvalue weighted by Gasteiger charge is -2.11. The number of benzene rings is 2. The van der Waals surface area contributed by atoms with E-state index in [1.165, 1.54) is 0 Å². The van der Waals surface area contributed by atoms with Crippen molar-refractivity contribution in [1.29, 1.82) is 0 Å². The van der Waals surface area contributed by atoms with E-state index in [1.807, 2.05) is 38.1 Å². The fourth-order valence-corrected chi connectivity index (χ4v) is 2.32. The van der Waals surface area contributed by atoms with Gasteiger partial charge in [0.2, 0.25) is 0 Å². The maximum atomic E-state index is 12.0. The standard InChI is InChI=1S/C19H21ClN2O3/c1-12(2)25-15-9-7-14(8-10-15)11-21-18(23)19(24)22-17-6-4-5-16(20)13(17)3/h4-10,12H,11H2,1-3H3,(H,21,23)(H,22,24). The highest BCUT2D eigenvalue weighted by Gasteiger charge is 2.15. The zero-order valence-corrected chi connectivity index (χ0v) is 15.2. The van der Waals surface area contributed by atoms with E-state index in [0.29, 0.717) is 16.3 Å². The third kappa shape index (κ3) is 5.50. The average molecular weight is 361 g/mol. The van der Waals surface area contributed by atoms with Gasteiger partial charge in [-0.3, -0.25) is 9.59 Å². The summed E-state index contributed by atoms with van der Waals surface area (Å²) in [6.45, 7) is 5.93. The van der Waals surface area contributed by atoms with Crippen molar-refractivity contribution in [3.63, 3.8) is 0 Å². The largest absolute Gasteiger partial charge is 0.491 e. The molecule has 5 nitrogen and oxygen atoms in total. The third-order valence-electron chi connectivity index (χ3n) is 3.47. The summed E-state index contributed by atoms with van der Waals surface area (Å²) in [4.78, 5) is 23.9. The number of hydrogen-bond acceptors (Lipinski definition) is 3. The summed E-state index contributed by atoms with van der Waals surface area (Å²) in [5.74, 6) is -0.675. The minimum Gasteiger partial charge on any atom is -0.491 e. The molecule has 2 N–H and O–H groups in total. The Balaban J connectivity index is 1.89. The fourth-order valence-electron chi connectivity index (χ4n) is 2.14. The Morgan fingerprint density at radius 3 is 2.40 bits per heavy atom. The maximum absolute atomic E-state index is 12.0. The highest BCUT2D eigenvalue weighted by molar-refractivity contribution is 6.40. The second-order valence-corrected chi connectivity index (χ2v) is 6.27. The average Bonchev–Trinajstić information content (AvgIpc) is 2.57. The van der Waals surface area contributed by atoms with Crippen LogP contribution in [0.3, 0.4) is 0 Å². The molecule has 0 atom stereocenters. The molecule has 0 aliphatic rings. The molecule has 132 valence electrons. The summed E-state index contributed by atoms with van der Waals surface area (Å²) in [7, 11) is 0. The molecular formula is C19H21ClN2O3. The Morgan fingerprint density at radius 2 is 1.76 bits per heavy atom. The molecule has 2 aromatic rings. The predicted octanol–water partition coefficient (Wildman–Crippen LogP) is 3.69. The number of carbonyl (C=O) groups excluding carboxylic acids is 2. The highest BCUT2D eigenvalue weighted by atomic mass is 35.5. The molecule has 2 aromatic carbocycles. The number of halogens is 1. The van der Waals surface area contributed by atoms with Crippen LogP contribution in [0.5, 0.6) is 5.75 Å². The van der Waals surface area contributed by atoms with Crippen LogP contribution < -0.4 is 15.4 Å². The Labute approximate surface area is 152 Å². The molecule has 25 heavy (non-hydrogen) atoms. The Kier molecular flexibility index (Phi) is 6.42. The van der Waals surface area contributed by atoms with E-state index < -0.39 is 11.8 Å². The summed E-state index contributed by atoms with van der Waals surface area (Å²) < 4.78 is 5.56. The second-order valence-electron chi connectivity index (χ2n) is 5.86. The van der Waals surface area contributed by atoms with Gasteiger partial charge in [0, 0.05) is 17.3 Å². The van der Waals surface area contributed by atoms with Gasteiger partial charge in [-0.1, -0.05) is 29.8 Å². The van der Waals surface area contributed by atoms with Crippen molar-refractivity contribution < 1.29 is 14.3 Å². The fraction of sp³-hybridized carbons (Fsp3) is 0.263. The van der Waals surface area contributed by atoms with Gasteiger partial charge in [-0.25, -0.2) is 0 Å². The summed E-state index contributed by atoms with van der Waals surface area (Å²) >= 11 is 6.00. The second kappa shape index (κ2) is 8.53. The van der Waals surface area contributed by atoms with Crippen molar-refractivity contribution in [3.05, 3.63) is 58.6 Å². The lowest BCUT2D eigenvalue weighted by atomic mass is 10.2. The molecule has 0 aromatic heterocycles. The maximum Gasteiger partial charge on any atom is 0.313 e. The monoisotopic (exact) mass is 360 g/mol. The van der Waals surface area contributed by atoms with Crippen LogP contribution in [0, 0.1) is 6.92 Å². The third-order valence-corrected chi connectivity index (χ3v) is 3.88. The van der Waals surface area contributed by atoms with E-state index in [2.05, 4.69) is 10.6 Å². The lowest BCUT2D eigenvalue weighted by Crippen LogP contribution is -2.35. The minimum atomic E-state index is -0.731. The van der Waals surface area contributed by atoms with Crippen molar-refractivity contribution in [2.75, 3.05) is 5.32 Å². The van der Waals surface area contributed by atoms with Gasteiger partial charge in [0.15, 0.2) is 0 Å². The molecule has 0 fully saturated rings. The van der Waals surface area contributed by atoms with Gasteiger partial charge in [0.05, 0.1) is 6.10 Å². The van der Waals surface area contributed by atoms with Gasteiger partial charge in [-0.15, -0.1) is 0 Å². The van der Waals surface area contributed by atoms with Crippen LogP contribution in [0.1, 0.15) is 25.0 Å². The van der Waals surface area contributed by atoms with Crippen LogP contribution >= 0.6 is 11.6 Å². The van der Waals surface area contributed by atoms with Crippen LogP contribution in [0.25, 0.3) is 0 Å². The summed E-state index contributed by atoms with van der Waals surface area (Å²) in [6, 6.07) is 12.5. The number of amides is 2. The van der Waals surface area contributed by atoms with Crippen molar-refractivity contribution in [2.24, 2.45) is 0 Å². The van der Waals surface area contributed by atoms with Crippen molar-refractivity contribution in [2.45, 2.75) is 33.4 Å². The molecule has 0 saturated carbocycles. The molecule has 0 heterocycles. The number of carbonyl (C=O) groups is 2. The van der Waals surface area contributed by atoms with Crippen molar-refractivity contribution in [1.82, 2.24) is 5.32 Å². The predicted molar refractivity (Wildman–Crippen MR) is 98.9 cm³/mol. The molecule has 0 bridgehead atoms. The molecule has 6 heteroatoms. The highest BCUT2D eigenvalue weighted by Crippen LogP contribution is 2.22. The zero-order chi connectivity index (χ0) is 18.4. The van der Waals surface area contributed by atoms with E-state index in [1.54, 1.807) is 25.1 Å². The molecule has 0 unspecified atom stereocenters. The van der Waals surface area contributed by atoms with Crippen LogP contribution in [-0.2, 0) is 16.1 Å². The number of rotatable bonds is 5. The van der Waals surface area contributed by atoms with Gasteiger partial charge < -0.3 is 15.4 Å². The van der Waals surface area contributed by atoms with Crippen molar-refractivity contribution >= 4 is 29.1 Å². The van der Waals surface area contributed by atoms with Crippen LogP contribution in [0.4, 0.5) is 5.69 Å². The van der Waals surface area contributed by atoms with Crippen LogP contribution in [0.2, 0.25) is 5.02 Å². The van der Waals surface area contributed by atoms with E-state index in [9.17, 15) is 9.59 Å². The van der Waals surface area contributed by atoms with Gasteiger partial charge in [-0.05, 0) is 56.2 Å². The van der Waals surface area contributed by atoms with Gasteiger partial charge >= 0.3 is 11.8 Å². The van der Waals surface area contributed by atoms with Gasteiger partial charge in [-0.2, -0.15) is 0 Å². The van der Waals surface area contributed by atoms with Crippen molar-refractivity contribution in [3.8, 4) is 5.75 Å². The molecule has 0 spiro atoms. The molecule has 0 aliphatic heterocycles. The Morgan fingerprint density at radius 1 is 1.08 bits per heavy atom. The summed E-state index contributed by atoms with van der Waals surface area (Å²) in [5.41, 5.74) is 2.10. The normalized spacial score (nSPS) is 10.4. The minimum absolute atomic E-state index is 0.101. The molecule has 0 radical (unpaired) electrons. The first-order valence-corrected chi connectivity index (χ1v) is 8.34. The Bertz CT molecular complexity index is 758. The van der Waals surface area contributed by atoms with E-state index in [-0.39, 0.29) is 12.6 Å². The number of hydrogen-bond donors (Lipinski definition) is 2. The molecule has 0 saturated heterocycles. The molecular weight excluding hydrogens is 340 g/mol. The van der Waals surface area contributed by atoms with Gasteiger partial charge in [0.1, 0.15) is 5.75 Å². The van der Waals surface area contributed by atoms with Gasteiger partial charge in [0.25, 0.3) is 0 Å². The van der Waals surface area contributed by atoms with E-state index in [4.69, 9.17) is 16.3 Å². The zero-order valence-electron chi connectivity index (χ0n) is 14.4. The lowest BCUT2D eigenvalue weighted by molar-refractivity contribution is -0.136. The van der Waals surface area contributed by atoms with E-state index in [0.717, 1.165) is 11.3 Å². The smallest absolute Gasteiger partial charge is 0.313 e. The Hall–Kier alpha value is -2.53. The number of ether oxygens (including phenoxy) is 1. The quantitative estimate of drug-likeness (QED) is 0.799. The first-order chi connectivity index (χ1) is 11.9. The summed E-state index contributed by atoms with van der Waals surface area (Å²) in [6.07, 6.45) is 0.101.